The summed E-state index contributed by atoms with van der Waals surface area (Å²) in [5.74, 6) is 0.205. The van der Waals surface area contributed by atoms with E-state index in [0.29, 0.717) is 62.6 Å². The van der Waals surface area contributed by atoms with E-state index in [2.05, 4.69) is 4.90 Å². The molecule has 3 rings (SSSR count). The summed E-state index contributed by atoms with van der Waals surface area (Å²) in [5.41, 5.74) is 3.27. The molecule has 10 nitrogen and oxygen atoms in total. The van der Waals surface area contributed by atoms with Gasteiger partial charge in [0.1, 0.15) is 24.5 Å². The molecule has 2 heterocycles. The minimum Gasteiger partial charge on any atom is -0.496 e. The van der Waals surface area contributed by atoms with Gasteiger partial charge < -0.3 is 28.6 Å². The quantitative estimate of drug-likeness (QED) is 0.285. The van der Waals surface area contributed by atoms with Gasteiger partial charge in [-0.3, -0.25) is 9.69 Å². The summed E-state index contributed by atoms with van der Waals surface area (Å²) < 4.78 is 27.6. The number of fused-ring (bicyclic) bond motifs is 1. The van der Waals surface area contributed by atoms with E-state index in [0.717, 1.165) is 24.2 Å². The molecule has 1 fully saturated rings. The van der Waals surface area contributed by atoms with Crippen molar-refractivity contribution in [2.75, 3.05) is 60.2 Å². The number of carbonyl (C=O) groups is 3. The van der Waals surface area contributed by atoms with Crippen LogP contribution in [0.3, 0.4) is 0 Å². The summed E-state index contributed by atoms with van der Waals surface area (Å²) in [7, 11) is 3.21. The zero-order chi connectivity index (χ0) is 28.5. The number of ether oxygens (including phenoxy) is 5. The lowest BCUT2D eigenvalue weighted by Gasteiger charge is -2.26. The van der Waals surface area contributed by atoms with Gasteiger partial charge in [-0.05, 0) is 38.2 Å². The number of rotatable bonds is 12. The van der Waals surface area contributed by atoms with Crippen LogP contribution in [0.4, 0.5) is 4.79 Å². The molecule has 0 bridgehead atoms. The molecule has 1 amide bonds. The van der Waals surface area contributed by atoms with Crippen LogP contribution in [-0.2, 0) is 32.0 Å². The van der Waals surface area contributed by atoms with Crippen molar-refractivity contribution in [1.82, 2.24) is 9.80 Å². The molecule has 0 radical (unpaired) electrons. The molecular weight excluding hydrogens is 504 g/mol. The Kier molecular flexibility index (Phi) is 11.2. The van der Waals surface area contributed by atoms with Crippen LogP contribution in [0.5, 0.6) is 11.5 Å². The summed E-state index contributed by atoms with van der Waals surface area (Å²) in [4.78, 5) is 41.6. The summed E-state index contributed by atoms with van der Waals surface area (Å²) >= 11 is 0. The number of hydrogen-bond donors (Lipinski definition) is 0. The summed E-state index contributed by atoms with van der Waals surface area (Å²) in [6, 6.07) is 0. The van der Waals surface area contributed by atoms with Gasteiger partial charge in [-0.1, -0.05) is 25.5 Å². The van der Waals surface area contributed by atoms with Crippen LogP contribution < -0.4 is 9.47 Å². The zero-order valence-corrected chi connectivity index (χ0v) is 24.1. The van der Waals surface area contributed by atoms with Crippen LogP contribution in [-0.4, -0.2) is 88.0 Å². The smallest absolute Gasteiger partial charge is 0.415 e. The summed E-state index contributed by atoms with van der Waals surface area (Å²) in [6.45, 7) is 12.6. The highest BCUT2D eigenvalue weighted by Gasteiger charge is 2.34. The monoisotopic (exact) mass is 546 g/mol. The fraction of sp³-hybridized carbons (Fsp3) is 0.621. The number of amides is 1. The van der Waals surface area contributed by atoms with E-state index in [1.54, 1.807) is 14.2 Å². The Morgan fingerprint density at radius 3 is 2.54 bits per heavy atom. The predicted octanol–water partition coefficient (Wildman–Crippen LogP) is 3.91. The molecule has 0 N–H and O–H groups in total. The standard InChI is InChI=1S/C29H42N2O8/c1-19(2)17-30(5)29(34)39-27-22(26(35-6)21(4)23-18-38-28(33)25(23)27)9-7-20(3)8-10-24(32)37-16-13-31-11-14-36-15-12-31/h7,19H,8-18H2,1-6H3. The van der Waals surface area contributed by atoms with Crippen LogP contribution in [0.15, 0.2) is 11.6 Å². The van der Waals surface area contributed by atoms with Crippen molar-refractivity contribution in [3.8, 4) is 11.5 Å². The number of carbonyl (C=O) groups excluding carboxylic acids is 3. The van der Waals surface area contributed by atoms with Gasteiger partial charge in [-0.25, -0.2) is 9.59 Å². The Morgan fingerprint density at radius 2 is 1.87 bits per heavy atom. The van der Waals surface area contributed by atoms with Crippen molar-refractivity contribution >= 4 is 18.0 Å². The molecule has 0 atom stereocenters. The van der Waals surface area contributed by atoms with E-state index >= 15 is 0 Å². The van der Waals surface area contributed by atoms with Gasteiger partial charge in [-0.15, -0.1) is 0 Å². The number of esters is 2. The third-order valence-corrected chi connectivity index (χ3v) is 6.92. The fourth-order valence-electron chi connectivity index (χ4n) is 4.77. The number of benzene rings is 1. The normalized spacial score (nSPS) is 15.7. The highest BCUT2D eigenvalue weighted by Crippen LogP contribution is 2.43. The highest BCUT2D eigenvalue weighted by atomic mass is 16.6. The molecule has 1 aromatic carbocycles. The van der Waals surface area contributed by atoms with E-state index in [1.807, 2.05) is 33.8 Å². The molecule has 216 valence electrons. The molecule has 0 unspecified atom stereocenters. The van der Waals surface area contributed by atoms with Gasteiger partial charge in [0.05, 0.1) is 20.3 Å². The molecule has 2 aliphatic heterocycles. The third-order valence-electron chi connectivity index (χ3n) is 6.92. The fourth-order valence-corrected chi connectivity index (χ4v) is 4.77. The highest BCUT2D eigenvalue weighted by molar-refractivity contribution is 5.99. The second-order valence-corrected chi connectivity index (χ2v) is 10.5. The van der Waals surface area contributed by atoms with Crippen molar-refractivity contribution in [2.45, 2.75) is 53.6 Å². The molecular formula is C29H42N2O8. The van der Waals surface area contributed by atoms with Crippen LogP contribution in [0.1, 0.15) is 60.7 Å². The van der Waals surface area contributed by atoms with E-state index in [-0.39, 0.29) is 36.2 Å². The average molecular weight is 547 g/mol. The first kappa shape index (κ1) is 30.4. The Labute approximate surface area is 231 Å². The van der Waals surface area contributed by atoms with Gasteiger partial charge in [0, 0.05) is 50.8 Å². The van der Waals surface area contributed by atoms with Crippen LogP contribution >= 0.6 is 0 Å². The SMILES string of the molecule is COc1c(C)c2c(c(OC(=O)N(C)CC(C)C)c1CC=C(C)CCC(=O)OCCN1CCOCC1)C(=O)OC2. The van der Waals surface area contributed by atoms with Crippen molar-refractivity contribution in [2.24, 2.45) is 5.92 Å². The molecule has 1 aromatic rings. The zero-order valence-electron chi connectivity index (χ0n) is 24.1. The summed E-state index contributed by atoms with van der Waals surface area (Å²) in [5, 5.41) is 0. The molecule has 0 saturated carbocycles. The van der Waals surface area contributed by atoms with Crippen LogP contribution in [0.25, 0.3) is 0 Å². The van der Waals surface area contributed by atoms with Crippen molar-refractivity contribution in [3.63, 3.8) is 0 Å². The maximum Gasteiger partial charge on any atom is 0.415 e. The van der Waals surface area contributed by atoms with E-state index in [1.165, 1.54) is 4.90 Å². The second kappa shape index (κ2) is 14.3. The third kappa shape index (κ3) is 8.19. The molecule has 1 saturated heterocycles. The molecule has 0 spiro atoms. The number of hydrogen-bond acceptors (Lipinski definition) is 9. The first-order chi connectivity index (χ1) is 18.6. The predicted molar refractivity (Wildman–Crippen MR) is 145 cm³/mol. The summed E-state index contributed by atoms with van der Waals surface area (Å²) in [6.07, 6.45) is 2.54. The van der Waals surface area contributed by atoms with E-state index < -0.39 is 12.1 Å². The first-order valence-corrected chi connectivity index (χ1v) is 13.6. The number of methoxy groups -OCH3 is 1. The van der Waals surface area contributed by atoms with Crippen molar-refractivity contribution in [3.05, 3.63) is 33.9 Å². The lowest BCUT2D eigenvalue weighted by molar-refractivity contribution is -0.144. The molecule has 0 aromatic heterocycles. The van der Waals surface area contributed by atoms with Crippen molar-refractivity contribution in [1.29, 1.82) is 0 Å². The maximum atomic E-state index is 12.9. The number of morpholine rings is 1. The Balaban J connectivity index is 1.71. The van der Waals surface area contributed by atoms with Gasteiger partial charge >= 0.3 is 18.0 Å². The lowest BCUT2D eigenvalue weighted by atomic mass is 9.94. The van der Waals surface area contributed by atoms with Gasteiger partial charge in [0.15, 0.2) is 5.75 Å². The van der Waals surface area contributed by atoms with E-state index in [9.17, 15) is 14.4 Å². The number of cyclic esters (lactones) is 1. The maximum absolute atomic E-state index is 12.9. The van der Waals surface area contributed by atoms with Gasteiger partial charge in [0.2, 0.25) is 0 Å². The van der Waals surface area contributed by atoms with Crippen LogP contribution in [0.2, 0.25) is 0 Å². The minimum absolute atomic E-state index is 0.103. The minimum atomic E-state index is -0.557. The van der Waals surface area contributed by atoms with Gasteiger partial charge in [0.25, 0.3) is 0 Å². The average Bonchev–Trinajstić information content (AvgIpc) is 3.29. The Hall–Kier alpha value is -3.11. The Morgan fingerprint density at radius 1 is 1.15 bits per heavy atom. The van der Waals surface area contributed by atoms with E-state index in [4.69, 9.17) is 23.7 Å². The lowest BCUT2D eigenvalue weighted by Crippen LogP contribution is -2.38. The van der Waals surface area contributed by atoms with Gasteiger partial charge in [-0.2, -0.15) is 0 Å². The largest absolute Gasteiger partial charge is 0.496 e. The molecule has 39 heavy (non-hydrogen) atoms. The Bertz CT molecular complexity index is 1080. The molecule has 10 heteroatoms. The van der Waals surface area contributed by atoms with Crippen molar-refractivity contribution < 1.29 is 38.1 Å². The second-order valence-electron chi connectivity index (χ2n) is 10.5. The molecule has 2 aliphatic rings. The number of allylic oxidation sites excluding steroid dienone is 2. The number of nitrogens with zero attached hydrogens (tertiary/aromatic N) is 2. The van der Waals surface area contributed by atoms with Crippen LogP contribution in [0, 0.1) is 12.8 Å². The topological polar surface area (TPSA) is 104 Å². The first-order valence-electron chi connectivity index (χ1n) is 13.6. The molecule has 0 aliphatic carbocycles.